The minimum atomic E-state index is 0.0835. The fraction of sp³-hybridized carbons (Fsp3) is 0.571. The predicted octanol–water partition coefficient (Wildman–Crippen LogP) is 0.403. The van der Waals surface area contributed by atoms with Gasteiger partial charge in [0.1, 0.15) is 0 Å². The minimum Gasteiger partial charge on any atom is -0.374 e. The van der Waals surface area contributed by atoms with E-state index in [-0.39, 0.29) is 5.91 Å². The van der Waals surface area contributed by atoms with Crippen molar-refractivity contribution in [3.8, 4) is 0 Å². The fourth-order valence-electron chi connectivity index (χ4n) is 1.42. The topological polar surface area (TPSA) is 72.1 Å². The molecular formula is C7H10N4OS2. The maximum absolute atomic E-state index is 11.5. The standard InChI is InChI=1S/C7H10N4OS2/c8-6-9-10-7(14-6)11-2-4(3-13)1-5(11)12/h4,13H,1-3H2,(H2,8,9). The van der Waals surface area contributed by atoms with Gasteiger partial charge in [-0.2, -0.15) is 12.6 Å². The fourth-order valence-corrected chi connectivity index (χ4v) is 2.31. The normalized spacial score (nSPS) is 21.9. The molecule has 0 saturated carbocycles. The summed E-state index contributed by atoms with van der Waals surface area (Å²) in [7, 11) is 0. The Bertz CT molecular complexity index is 353. The summed E-state index contributed by atoms with van der Waals surface area (Å²) in [6, 6.07) is 0. The summed E-state index contributed by atoms with van der Waals surface area (Å²) < 4.78 is 0. The lowest BCUT2D eigenvalue weighted by Gasteiger charge is -2.10. The first kappa shape index (κ1) is 9.72. The van der Waals surface area contributed by atoms with E-state index in [0.29, 0.717) is 29.1 Å². The van der Waals surface area contributed by atoms with Crippen LogP contribution >= 0.6 is 24.0 Å². The summed E-state index contributed by atoms with van der Waals surface area (Å²) in [5, 5.41) is 8.51. The summed E-state index contributed by atoms with van der Waals surface area (Å²) >= 11 is 5.42. The van der Waals surface area contributed by atoms with E-state index in [1.165, 1.54) is 11.3 Å². The number of carbonyl (C=O) groups excluding carboxylic acids is 1. The highest BCUT2D eigenvalue weighted by molar-refractivity contribution is 7.80. The van der Waals surface area contributed by atoms with Crippen molar-refractivity contribution in [1.29, 1.82) is 0 Å². The summed E-state index contributed by atoms with van der Waals surface area (Å²) in [5.41, 5.74) is 5.45. The average Bonchev–Trinajstić information content (AvgIpc) is 2.71. The molecule has 0 spiro atoms. The van der Waals surface area contributed by atoms with Gasteiger partial charge >= 0.3 is 0 Å². The van der Waals surface area contributed by atoms with Crippen LogP contribution < -0.4 is 10.6 Å². The molecular weight excluding hydrogens is 220 g/mol. The molecule has 76 valence electrons. The first-order valence-corrected chi connectivity index (χ1v) is 5.66. The number of hydrogen-bond acceptors (Lipinski definition) is 6. The molecule has 1 amide bonds. The van der Waals surface area contributed by atoms with Gasteiger partial charge < -0.3 is 5.73 Å². The third kappa shape index (κ3) is 1.69. The van der Waals surface area contributed by atoms with E-state index in [1.807, 2.05) is 0 Å². The first-order chi connectivity index (χ1) is 6.70. The Morgan fingerprint density at radius 2 is 2.43 bits per heavy atom. The molecule has 1 aromatic rings. The average molecular weight is 230 g/mol. The number of anilines is 2. The number of thiol groups is 1. The lowest BCUT2D eigenvalue weighted by atomic mass is 10.1. The Hall–Kier alpha value is -0.820. The van der Waals surface area contributed by atoms with E-state index in [1.54, 1.807) is 4.90 Å². The Labute approximate surface area is 90.7 Å². The molecule has 2 N–H and O–H groups in total. The van der Waals surface area contributed by atoms with Crippen LogP contribution in [-0.2, 0) is 4.79 Å². The molecule has 1 fully saturated rings. The summed E-state index contributed by atoms with van der Waals surface area (Å²) in [4.78, 5) is 13.2. The number of amides is 1. The number of rotatable bonds is 2. The second-order valence-electron chi connectivity index (χ2n) is 3.18. The Balaban J connectivity index is 2.16. The van der Waals surface area contributed by atoms with E-state index >= 15 is 0 Å². The van der Waals surface area contributed by atoms with Crippen LogP contribution in [0.5, 0.6) is 0 Å². The number of nitrogens with zero attached hydrogens (tertiary/aromatic N) is 3. The number of nitrogens with two attached hydrogens (primary N) is 1. The van der Waals surface area contributed by atoms with Crippen molar-refractivity contribution in [1.82, 2.24) is 10.2 Å². The molecule has 5 nitrogen and oxygen atoms in total. The largest absolute Gasteiger partial charge is 0.374 e. The molecule has 1 aliphatic rings. The van der Waals surface area contributed by atoms with Crippen LogP contribution in [0.25, 0.3) is 0 Å². The van der Waals surface area contributed by atoms with Crippen molar-refractivity contribution >= 4 is 40.1 Å². The lowest BCUT2D eigenvalue weighted by Crippen LogP contribution is -2.24. The summed E-state index contributed by atoms with van der Waals surface area (Å²) in [6.45, 7) is 0.678. The molecule has 2 heterocycles. The van der Waals surface area contributed by atoms with Gasteiger partial charge in [-0.3, -0.25) is 9.69 Å². The SMILES string of the molecule is Nc1nnc(N2CC(CS)CC2=O)s1. The summed E-state index contributed by atoms with van der Waals surface area (Å²) in [6.07, 6.45) is 0.545. The van der Waals surface area contributed by atoms with Crippen LogP contribution in [-0.4, -0.2) is 28.4 Å². The van der Waals surface area contributed by atoms with E-state index in [4.69, 9.17) is 5.73 Å². The van der Waals surface area contributed by atoms with Gasteiger partial charge in [0, 0.05) is 13.0 Å². The number of hydrogen-bond donors (Lipinski definition) is 2. The van der Waals surface area contributed by atoms with Crippen molar-refractivity contribution in [2.75, 3.05) is 22.9 Å². The highest BCUT2D eigenvalue weighted by Gasteiger charge is 2.31. The molecule has 0 aromatic carbocycles. The summed E-state index contributed by atoms with van der Waals surface area (Å²) in [5.74, 6) is 1.12. The van der Waals surface area contributed by atoms with Gasteiger partial charge in [0.05, 0.1) is 0 Å². The molecule has 1 aromatic heterocycles. The maximum Gasteiger partial charge on any atom is 0.229 e. The minimum absolute atomic E-state index is 0.0835. The second kappa shape index (κ2) is 3.74. The zero-order chi connectivity index (χ0) is 10.1. The molecule has 2 rings (SSSR count). The highest BCUT2D eigenvalue weighted by atomic mass is 32.1. The van der Waals surface area contributed by atoms with Gasteiger partial charge in [-0.05, 0) is 11.7 Å². The van der Waals surface area contributed by atoms with Crippen LogP contribution in [0.15, 0.2) is 0 Å². The Morgan fingerprint density at radius 3 is 2.93 bits per heavy atom. The van der Waals surface area contributed by atoms with E-state index in [9.17, 15) is 4.79 Å². The smallest absolute Gasteiger partial charge is 0.229 e. The molecule has 0 bridgehead atoms. The predicted molar refractivity (Wildman–Crippen MR) is 58.6 cm³/mol. The molecule has 1 saturated heterocycles. The van der Waals surface area contributed by atoms with Gasteiger partial charge in [0.15, 0.2) is 0 Å². The van der Waals surface area contributed by atoms with Crippen LogP contribution in [0.1, 0.15) is 6.42 Å². The van der Waals surface area contributed by atoms with Gasteiger partial charge in [-0.1, -0.05) is 11.3 Å². The van der Waals surface area contributed by atoms with Crippen LogP contribution in [0.2, 0.25) is 0 Å². The van der Waals surface area contributed by atoms with Crippen LogP contribution in [0.3, 0.4) is 0 Å². The quantitative estimate of drug-likeness (QED) is 0.722. The Kier molecular flexibility index (Phi) is 2.60. The molecule has 7 heteroatoms. The second-order valence-corrected chi connectivity index (χ2v) is 4.53. The third-order valence-electron chi connectivity index (χ3n) is 2.12. The molecule has 1 aliphatic heterocycles. The zero-order valence-corrected chi connectivity index (χ0v) is 9.09. The van der Waals surface area contributed by atoms with Crippen molar-refractivity contribution in [2.45, 2.75) is 6.42 Å². The van der Waals surface area contributed by atoms with Crippen molar-refractivity contribution in [3.63, 3.8) is 0 Å². The van der Waals surface area contributed by atoms with Crippen molar-refractivity contribution in [3.05, 3.63) is 0 Å². The van der Waals surface area contributed by atoms with Gasteiger partial charge in [0.25, 0.3) is 0 Å². The highest BCUT2D eigenvalue weighted by Crippen LogP contribution is 2.28. The van der Waals surface area contributed by atoms with Crippen molar-refractivity contribution in [2.24, 2.45) is 5.92 Å². The van der Waals surface area contributed by atoms with E-state index in [2.05, 4.69) is 22.8 Å². The zero-order valence-electron chi connectivity index (χ0n) is 7.38. The number of nitrogen functional groups attached to an aromatic ring is 1. The molecule has 0 radical (unpaired) electrons. The van der Waals surface area contributed by atoms with Gasteiger partial charge in [0.2, 0.25) is 16.2 Å². The lowest BCUT2D eigenvalue weighted by molar-refractivity contribution is -0.117. The monoisotopic (exact) mass is 230 g/mol. The number of aromatic nitrogens is 2. The van der Waals surface area contributed by atoms with Crippen molar-refractivity contribution < 1.29 is 4.79 Å². The van der Waals surface area contributed by atoms with Crippen LogP contribution in [0.4, 0.5) is 10.3 Å². The molecule has 1 unspecified atom stereocenters. The first-order valence-electron chi connectivity index (χ1n) is 4.21. The third-order valence-corrected chi connectivity index (χ3v) is 3.42. The van der Waals surface area contributed by atoms with E-state index < -0.39 is 0 Å². The van der Waals surface area contributed by atoms with E-state index in [0.717, 1.165) is 5.75 Å². The van der Waals surface area contributed by atoms with Crippen LogP contribution in [0, 0.1) is 5.92 Å². The van der Waals surface area contributed by atoms with Gasteiger partial charge in [-0.15, -0.1) is 10.2 Å². The Morgan fingerprint density at radius 1 is 1.64 bits per heavy atom. The molecule has 0 aliphatic carbocycles. The molecule has 14 heavy (non-hydrogen) atoms. The maximum atomic E-state index is 11.5. The number of carbonyl (C=O) groups is 1. The molecule has 1 atom stereocenters. The van der Waals surface area contributed by atoms with Gasteiger partial charge in [-0.25, -0.2) is 0 Å².